The maximum Gasteiger partial charge on any atom is 0.404 e. The van der Waals surface area contributed by atoms with Crippen LogP contribution in [0, 0.1) is 11.8 Å². The van der Waals surface area contributed by atoms with Crippen molar-refractivity contribution < 1.29 is 14.7 Å². The van der Waals surface area contributed by atoms with Gasteiger partial charge in [0.05, 0.1) is 16.9 Å². The summed E-state index contributed by atoms with van der Waals surface area (Å²) in [5, 5.41) is 13.5. The standard InChI is InChI=1S/C17H17N3O3S/c1-12(21)18-9-2-3-15-16(24-11-20-15)14-6-4-13(5-7-14)8-10-19-17(22)23/h4-7,11,19H,8-10H2,1H3,(H,18,21)(H,22,23). The molecular weight excluding hydrogens is 326 g/mol. The molecule has 0 saturated heterocycles. The van der Waals surface area contributed by atoms with Crippen LogP contribution in [0.1, 0.15) is 18.2 Å². The first-order valence-electron chi connectivity index (χ1n) is 7.29. The molecule has 0 atom stereocenters. The van der Waals surface area contributed by atoms with Gasteiger partial charge in [-0.2, -0.15) is 0 Å². The van der Waals surface area contributed by atoms with E-state index in [0.29, 0.717) is 25.2 Å². The van der Waals surface area contributed by atoms with Crippen molar-refractivity contribution in [2.45, 2.75) is 13.3 Å². The molecule has 0 radical (unpaired) electrons. The van der Waals surface area contributed by atoms with Crippen LogP contribution in [0.3, 0.4) is 0 Å². The smallest absolute Gasteiger partial charge is 0.404 e. The van der Waals surface area contributed by atoms with Crippen molar-refractivity contribution in [3.05, 3.63) is 41.0 Å². The molecule has 0 saturated carbocycles. The number of hydrogen-bond donors (Lipinski definition) is 3. The molecule has 0 fully saturated rings. The van der Waals surface area contributed by atoms with E-state index in [4.69, 9.17) is 5.11 Å². The van der Waals surface area contributed by atoms with Crippen LogP contribution in [0.5, 0.6) is 0 Å². The van der Waals surface area contributed by atoms with Gasteiger partial charge in [-0.05, 0) is 23.5 Å². The van der Waals surface area contributed by atoms with Crippen LogP contribution < -0.4 is 10.6 Å². The number of carbonyl (C=O) groups excluding carboxylic acids is 1. The normalized spacial score (nSPS) is 9.71. The summed E-state index contributed by atoms with van der Waals surface area (Å²) in [6.07, 6.45) is -0.377. The van der Waals surface area contributed by atoms with Crippen molar-refractivity contribution in [1.82, 2.24) is 15.6 Å². The maximum absolute atomic E-state index is 10.8. The van der Waals surface area contributed by atoms with Gasteiger partial charge in [-0.1, -0.05) is 30.2 Å². The Bertz CT molecular complexity index is 772. The second kappa shape index (κ2) is 8.70. The summed E-state index contributed by atoms with van der Waals surface area (Å²) in [4.78, 5) is 26.5. The fourth-order valence-electron chi connectivity index (χ4n) is 1.97. The third-order valence-electron chi connectivity index (χ3n) is 3.11. The molecule has 3 N–H and O–H groups in total. The number of thiazole rings is 1. The molecule has 2 amide bonds. The summed E-state index contributed by atoms with van der Waals surface area (Å²) >= 11 is 1.50. The van der Waals surface area contributed by atoms with E-state index in [9.17, 15) is 9.59 Å². The number of nitrogens with zero attached hydrogens (tertiary/aromatic N) is 1. The predicted octanol–water partition coefficient (Wildman–Crippen LogP) is 2.11. The first kappa shape index (κ1) is 17.5. The lowest BCUT2D eigenvalue weighted by Crippen LogP contribution is -2.23. The third-order valence-corrected chi connectivity index (χ3v) is 3.98. The van der Waals surface area contributed by atoms with Gasteiger partial charge in [0.2, 0.25) is 5.91 Å². The number of carboxylic acid groups (broad SMARTS) is 1. The van der Waals surface area contributed by atoms with E-state index in [0.717, 1.165) is 16.0 Å². The third kappa shape index (κ3) is 5.41. The number of nitrogens with one attached hydrogen (secondary N) is 2. The molecular formula is C17H17N3O3S. The number of carbonyl (C=O) groups is 2. The molecule has 1 heterocycles. The first-order valence-corrected chi connectivity index (χ1v) is 8.17. The molecule has 7 heteroatoms. The van der Waals surface area contributed by atoms with Crippen LogP contribution in [-0.2, 0) is 11.2 Å². The molecule has 2 aromatic rings. The Morgan fingerprint density at radius 2 is 2.00 bits per heavy atom. The van der Waals surface area contributed by atoms with Crippen molar-refractivity contribution in [3.8, 4) is 22.3 Å². The minimum Gasteiger partial charge on any atom is -0.465 e. The minimum atomic E-state index is -1.02. The Labute approximate surface area is 143 Å². The van der Waals surface area contributed by atoms with Crippen LogP contribution in [-0.4, -0.2) is 35.2 Å². The lowest BCUT2D eigenvalue weighted by atomic mass is 10.1. The van der Waals surface area contributed by atoms with Crippen molar-refractivity contribution in [1.29, 1.82) is 0 Å². The van der Waals surface area contributed by atoms with E-state index in [1.165, 1.54) is 18.3 Å². The van der Waals surface area contributed by atoms with Gasteiger partial charge in [-0.3, -0.25) is 4.79 Å². The topological polar surface area (TPSA) is 91.3 Å². The van der Waals surface area contributed by atoms with Crippen molar-refractivity contribution >= 4 is 23.3 Å². The zero-order valence-corrected chi connectivity index (χ0v) is 13.9. The fraction of sp³-hybridized carbons (Fsp3) is 0.235. The number of rotatable bonds is 5. The average Bonchev–Trinajstić information content (AvgIpc) is 3.00. The zero-order valence-electron chi connectivity index (χ0n) is 13.1. The average molecular weight is 343 g/mol. The molecule has 0 aliphatic rings. The lowest BCUT2D eigenvalue weighted by Gasteiger charge is -2.03. The van der Waals surface area contributed by atoms with Crippen molar-refractivity contribution in [2.24, 2.45) is 0 Å². The van der Waals surface area contributed by atoms with E-state index >= 15 is 0 Å². The van der Waals surface area contributed by atoms with Crippen LogP contribution in [0.15, 0.2) is 29.8 Å². The van der Waals surface area contributed by atoms with Gasteiger partial charge in [0.25, 0.3) is 0 Å². The van der Waals surface area contributed by atoms with E-state index in [1.807, 2.05) is 24.3 Å². The highest BCUT2D eigenvalue weighted by molar-refractivity contribution is 7.13. The summed E-state index contributed by atoms with van der Waals surface area (Å²) in [7, 11) is 0. The van der Waals surface area contributed by atoms with Crippen molar-refractivity contribution in [3.63, 3.8) is 0 Å². The Kier molecular flexibility index (Phi) is 6.34. The summed E-state index contributed by atoms with van der Waals surface area (Å²) < 4.78 is 0. The van der Waals surface area contributed by atoms with Gasteiger partial charge >= 0.3 is 6.09 Å². The molecule has 6 nitrogen and oxygen atoms in total. The van der Waals surface area contributed by atoms with E-state index in [2.05, 4.69) is 27.5 Å². The van der Waals surface area contributed by atoms with Crippen LogP contribution in [0.2, 0.25) is 0 Å². The number of amides is 2. The van der Waals surface area contributed by atoms with Gasteiger partial charge in [0.15, 0.2) is 0 Å². The summed E-state index contributed by atoms with van der Waals surface area (Å²) in [5.41, 5.74) is 4.49. The Morgan fingerprint density at radius 3 is 2.67 bits per heavy atom. The van der Waals surface area contributed by atoms with Gasteiger partial charge in [-0.15, -0.1) is 11.3 Å². The highest BCUT2D eigenvalue weighted by atomic mass is 32.1. The number of hydrogen-bond acceptors (Lipinski definition) is 4. The van der Waals surface area contributed by atoms with Crippen molar-refractivity contribution in [2.75, 3.05) is 13.1 Å². The molecule has 24 heavy (non-hydrogen) atoms. The largest absolute Gasteiger partial charge is 0.465 e. The molecule has 2 rings (SSSR count). The summed E-state index contributed by atoms with van der Waals surface area (Å²) in [5.74, 6) is 5.73. The van der Waals surface area contributed by atoms with E-state index in [1.54, 1.807) is 5.51 Å². The molecule has 124 valence electrons. The van der Waals surface area contributed by atoms with E-state index < -0.39 is 6.09 Å². The SMILES string of the molecule is CC(=O)NCC#Cc1ncsc1-c1ccc(CCNC(=O)O)cc1. The molecule has 0 unspecified atom stereocenters. The van der Waals surface area contributed by atoms with E-state index in [-0.39, 0.29) is 5.91 Å². The Hall–Kier alpha value is -2.85. The number of benzene rings is 1. The molecule has 0 bridgehead atoms. The molecule has 1 aromatic carbocycles. The number of aromatic nitrogens is 1. The second-order valence-corrected chi connectivity index (χ2v) is 5.78. The fourth-order valence-corrected chi connectivity index (χ4v) is 2.72. The molecule has 0 spiro atoms. The second-order valence-electron chi connectivity index (χ2n) is 4.92. The summed E-state index contributed by atoms with van der Waals surface area (Å²) in [6.45, 7) is 2.13. The molecule has 0 aliphatic heterocycles. The Morgan fingerprint density at radius 1 is 1.25 bits per heavy atom. The zero-order chi connectivity index (χ0) is 17.4. The van der Waals surface area contributed by atoms with Crippen LogP contribution in [0.4, 0.5) is 4.79 Å². The maximum atomic E-state index is 10.8. The summed E-state index contributed by atoms with van der Waals surface area (Å²) in [6, 6.07) is 7.88. The van der Waals surface area contributed by atoms with Gasteiger partial charge in [0, 0.05) is 13.5 Å². The highest BCUT2D eigenvalue weighted by Gasteiger charge is 2.07. The van der Waals surface area contributed by atoms with Gasteiger partial charge < -0.3 is 15.7 Å². The van der Waals surface area contributed by atoms with Crippen LogP contribution in [0.25, 0.3) is 10.4 Å². The monoisotopic (exact) mass is 343 g/mol. The Balaban J connectivity index is 2.03. The molecule has 0 aliphatic carbocycles. The lowest BCUT2D eigenvalue weighted by molar-refractivity contribution is -0.118. The van der Waals surface area contributed by atoms with Gasteiger partial charge in [0.1, 0.15) is 5.69 Å². The quantitative estimate of drug-likeness (QED) is 0.725. The first-order chi connectivity index (χ1) is 11.6. The van der Waals surface area contributed by atoms with Crippen LogP contribution >= 0.6 is 11.3 Å². The molecule has 1 aromatic heterocycles. The predicted molar refractivity (Wildman–Crippen MR) is 92.8 cm³/mol. The highest BCUT2D eigenvalue weighted by Crippen LogP contribution is 2.27. The van der Waals surface area contributed by atoms with Gasteiger partial charge in [-0.25, -0.2) is 9.78 Å². The minimum absolute atomic E-state index is 0.115.